The summed E-state index contributed by atoms with van der Waals surface area (Å²) in [7, 11) is 0. The van der Waals surface area contributed by atoms with Gasteiger partial charge in [0.1, 0.15) is 0 Å². The Labute approximate surface area is 84.8 Å². The Morgan fingerprint density at radius 3 is 1.85 bits per heavy atom. The lowest BCUT2D eigenvalue weighted by atomic mass is 10.5. The van der Waals surface area contributed by atoms with Crippen molar-refractivity contribution < 1.29 is 9.47 Å². The van der Waals surface area contributed by atoms with Crippen LogP contribution in [0.5, 0.6) is 11.5 Å². The quantitative estimate of drug-likeness (QED) is 0.671. The Hall–Kier alpha value is -0.740. The van der Waals surface area contributed by atoms with Crippen molar-refractivity contribution in [3.05, 3.63) is 10.3 Å². The second-order valence-corrected chi connectivity index (χ2v) is 3.21. The molecule has 1 aliphatic heterocycles. The molecule has 1 aromatic rings. The van der Waals surface area contributed by atoms with Crippen LogP contribution in [0.4, 0.5) is 0 Å². The van der Waals surface area contributed by atoms with Crippen molar-refractivity contribution in [1.29, 1.82) is 0 Å². The van der Waals surface area contributed by atoms with E-state index in [9.17, 15) is 0 Å². The van der Waals surface area contributed by atoms with Crippen molar-refractivity contribution in [2.75, 3.05) is 13.2 Å². The second-order valence-electron chi connectivity index (χ2n) is 2.49. The molecule has 6 heteroatoms. The number of nitrogens with zero attached hydrogens (tertiary/aromatic N) is 2. The number of fused-ring (bicyclic) bond motifs is 1. The van der Waals surface area contributed by atoms with Gasteiger partial charge in [0.25, 0.3) is 0 Å². The molecule has 13 heavy (non-hydrogen) atoms. The Kier molecular flexibility index (Phi) is 2.42. The van der Waals surface area contributed by atoms with Crippen LogP contribution in [0, 0.1) is 0 Å². The van der Waals surface area contributed by atoms with E-state index in [1.165, 1.54) is 0 Å². The number of hydrogen-bond donors (Lipinski definition) is 0. The second kappa shape index (κ2) is 3.55. The summed E-state index contributed by atoms with van der Waals surface area (Å²) in [5, 5.41) is 7.59. The van der Waals surface area contributed by atoms with Crippen LogP contribution in [0.3, 0.4) is 0 Å². The maximum Gasteiger partial charge on any atom is 0.204 e. The molecule has 0 saturated heterocycles. The van der Waals surface area contributed by atoms with Gasteiger partial charge < -0.3 is 9.47 Å². The van der Waals surface area contributed by atoms with Crippen molar-refractivity contribution >= 4 is 23.2 Å². The van der Waals surface area contributed by atoms with E-state index in [1.807, 2.05) is 0 Å². The molecule has 70 valence electrons. The summed E-state index contributed by atoms with van der Waals surface area (Å²) in [6.45, 7) is 1.10. The van der Waals surface area contributed by atoms with Crippen LogP contribution in [-0.4, -0.2) is 23.4 Å². The molecular formula is C7H6Cl2N2O2. The molecule has 0 atom stereocenters. The monoisotopic (exact) mass is 220 g/mol. The summed E-state index contributed by atoms with van der Waals surface area (Å²) >= 11 is 11.5. The minimum absolute atomic E-state index is 0.182. The summed E-state index contributed by atoms with van der Waals surface area (Å²) in [6.07, 6.45) is 0.793. The van der Waals surface area contributed by atoms with E-state index in [0.717, 1.165) is 6.42 Å². The molecule has 1 aromatic heterocycles. The first-order valence-corrected chi connectivity index (χ1v) is 4.52. The standard InChI is InChI=1S/C7H6Cl2N2O2/c8-6-4-5(7(9)11-10-6)13-3-1-2-12-4/h1-3H2. The Morgan fingerprint density at radius 2 is 1.38 bits per heavy atom. The molecule has 0 amide bonds. The van der Waals surface area contributed by atoms with Gasteiger partial charge in [0.05, 0.1) is 13.2 Å². The Morgan fingerprint density at radius 1 is 0.923 bits per heavy atom. The molecule has 1 aliphatic rings. The fourth-order valence-corrected chi connectivity index (χ4v) is 1.38. The minimum atomic E-state index is 0.182. The third kappa shape index (κ3) is 1.64. The largest absolute Gasteiger partial charge is 0.487 e. The summed E-state index contributed by atoms with van der Waals surface area (Å²) in [5.74, 6) is 0.776. The van der Waals surface area contributed by atoms with Crippen LogP contribution in [0.1, 0.15) is 6.42 Å². The number of halogens is 2. The van der Waals surface area contributed by atoms with E-state index in [4.69, 9.17) is 32.7 Å². The lowest BCUT2D eigenvalue weighted by molar-refractivity contribution is 0.296. The lowest BCUT2D eigenvalue weighted by Gasteiger charge is -2.07. The van der Waals surface area contributed by atoms with Crippen molar-refractivity contribution in [3.8, 4) is 11.5 Å². The van der Waals surface area contributed by atoms with Crippen LogP contribution in [0.15, 0.2) is 0 Å². The zero-order valence-corrected chi connectivity index (χ0v) is 8.10. The van der Waals surface area contributed by atoms with E-state index in [0.29, 0.717) is 24.7 Å². The maximum atomic E-state index is 5.75. The van der Waals surface area contributed by atoms with Gasteiger partial charge in [0.2, 0.25) is 11.5 Å². The fraction of sp³-hybridized carbons (Fsp3) is 0.429. The van der Waals surface area contributed by atoms with E-state index in [1.54, 1.807) is 0 Å². The number of hydrogen-bond acceptors (Lipinski definition) is 4. The molecule has 2 heterocycles. The number of ether oxygens (including phenoxy) is 2. The third-order valence-electron chi connectivity index (χ3n) is 1.59. The molecule has 0 unspecified atom stereocenters. The van der Waals surface area contributed by atoms with Gasteiger partial charge in [0.15, 0.2) is 10.3 Å². The average molecular weight is 221 g/mol. The first-order chi connectivity index (χ1) is 6.29. The predicted octanol–water partition coefficient (Wildman–Crippen LogP) is 1.94. The molecule has 0 spiro atoms. The van der Waals surface area contributed by atoms with E-state index in [-0.39, 0.29) is 10.3 Å². The summed E-state index contributed by atoms with van der Waals surface area (Å²) in [6, 6.07) is 0. The highest BCUT2D eigenvalue weighted by Crippen LogP contribution is 2.38. The van der Waals surface area contributed by atoms with Gasteiger partial charge in [0, 0.05) is 6.42 Å². The van der Waals surface area contributed by atoms with E-state index < -0.39 is 0 Å². The predicted molar refractivity (Wildman–Crippen MR) is 47.7 cm³/mol. The molecule has 0 radical (unpaired) electrons. The fourth-order valence-electron chi connectivity index (χ4n) is 1.02. The smallest absolute Gasteiger partial charge is 0.204 e. The summed E-state index contributed by atoms with van der Waals surface area (Å²) < 4.78 is 10.6. The Balaban J connectivity index is 2.50. The summed E-state index contributed by atoms with van der Waals surface area (Å²) in [4.78, 5) is 0. The summed E-state index contributed by atoms with van der Waals surface area (Å²) in [5.41, 5.74) is 0. The van der Waals surface area contributed by atoms with Crippen molar-refractivity contribution in [2.45, 2.75) is 6.42 Å². The van der Waals surface area contributed by atoms with Gasteiger partial charge in [-0.3, -0.25) is 0 Å². The van der Waals surface area contributed by atoms with Gasteiger partial charge >= 0.3 is 0 Å². The highest BCUT2D eigenvalue weighted by atomic mass is 35.5. The molecule has 4 nitrogen and oxygen atoms in total. The zero-order chi connectivity index (χ0) is 9.26. The van der Waals surface area contributed by atoms with Crippen LogP contribution in [0.25, 0.3) is 0 Å². The lowest BCUT2D eigenvalue weighted by Crippen LogP contribution is -1.97. The molecule has 0 saturated carbocycles. The SMILES string of the molecule is Clc1nnc(Cl)c2c1OCCCO2. The molecule has 2 rings (SSSR count). The maximum absolute atomic E-state index is 5.75. The number of aromatic nitrogens is 2. The topological polar surface area (TPSA) is 44.2 Å². The molecule has 0 aliphatic carbocycles. The normalized spacial score (nSPS) is 15.2. The van der Waals surface area contributed by atoms with Gasteiger partial charge in [-0.15, -0.1) is 10.2 Å². The average Bonchev–Trinajstić information content (AvgIpc) is 2.37. The molecular weight excluding hydrogens is 215 g/mol. The van der Waals surface area contributed by atoms with Crippen molar-refractivity contribution in [3.63, 3.8) is 0 Å². The van der Waals surface area contributed by atoms with Crippen molar-refractivity contribution in [1.82, 2.24) is 10.2 Å². The first kappa shape index (κ1) is 8.84. The molecule has 0 N–H and O–H groups in total. The van der Waals surface area contributed by atoms with Gasteiger partial charge in [-0.1, -0.05) is 23.2 Å². The van der Waals surface area contributed by atoms with Crippen LogP contribution in [-0.2, 0) is 0 Å². The van der Waals surface area contributed by atoms with E-state index in [2.05, 4.69) is 10.2 Å². The zero-order valence-electron chi connectivity index (χ0n) is 6.59. The number of rotatable bonds is 0. The van der Waals surface area contributed by atoms with Gasteiger partial charge in [-0.25, -0.2) is 0 Å². The molecule has 0 fully saturated rings. The van der Waals surface area contributed by atoms with Crippen molar-refractivity contribution in [2.24, 2.45) is 0 Å². The highest BCUT2D eigenvalue weighted by molar-refractivity contribution is 6.33. The van der Waals surface area contributed by atoms with Crippen LogP contribution < -0.4 is 9.47 Å². The van der Waals surface area contributed by atoms with E-state index >= 15 is 0 Å². The minimum Gasteiger partial charge on any atom is -0.487 e. The third-order valence-corrected chi connectivity index (χ3v) is 2.08. The van der Waals surface area contributed by atoms with Gasteiger partial charge in [-0.05, 0) is 0 Å². The van der Waals surface area contributed by atoms with Gasteiger partial charge in [-0.2, -0.15) is 0 Å². The van der Waals surface area contributed by atoms with Crippen LogP contribution in [0.2, 0.25) is 10.3 Å². The molecule has 0 bridgehead atoms. The highest BCUT2D eigenvalue weighted by Gasteiger charge is 2.19. The van der Waals surface area contributed by atoms with Crippen LogP contribution >= 0.6 is 23.2 Å². The molecule has 0 aromatic carbocycles. The first-order valence-electron chi connectivity index (χ1n) is 3.76. The Bertz CT molecular complexity index is 302.